The largest absolute Gasteiger partial charge is 0.497 e. The molecule has 0 N–H and O–H groups in total. The molecule has 0 aromatic heterocycles. The number of rotatable bonds is 7. The monoisotopic (exact) mass is 217 g/mol. The van der Waals surface area contributed by atoms with Crippen molar-refractivity contribution >= 4 is 0 Å². The van der Waals surface area contributed by atoms with Gasteiger partial charge in [0.2, 0.25) is 0 Å². The van der Waals surface area contributed by atoms with E-state index < -0.39 is 0 Å². The number of hydrogen-bond donors (Lipinski definition) is 0. The SMILES string of the molecule is C=CCN(CC=C)Cc1cccc(OC)c1. The highest BCUT2D eigenvalue weighted by Crippen LogP contribution is 2.14. The third-order valence-electron chi connectivity index (χ3n) is 2.31. The predicted molar refractivity (Wildman–Crippen MR) is 68.7 cm³/mol. The van der Waals surface area contributed by atoms with Gasteiger partial charge in [-0.1, -0.05) is 24.3 Å². The minimum atomic E-state index is 0.864. The topological polar surface area (TPSA) is 12.5 Å². The molecular weight excluding hydrogens is 198 g/mol. The number of nitrogens with zero attached hydrogens (tertiary/aromatic N) is 1. The van der Waals surface area contributed by atoms with Crippen molar-refractivity contribution in [2.75, 3.05) is 20.2 Å². The Balaban J connectivity index is 2.67. The smallest absolute Gasteiger partial charge is 0.119 e. The summed E-state index contributed by atoms with van der Waals surface area (Å²) < 4.78 is 5.20. The second kappa shape index (κ2) is 6.85. The maximum absolute atomic E-state index is 5.20. The van der Waals surface area contributed by atoms with Gasteiger partial charge in [0.25, 0.3) is 0 Å². The molecule has 0 fully saturated rings. The lowest BCUT2D eigenvalue weighted by Crippen LogP contribution is -2.23. The molecule has 0 amide bonds. The van der Waals surface area contributed by atoms with Crippen LogP contribution >= 0.6 is 0 Å². The molecule has 2 nitrogen and oxygen atoms in total. The van der Waals surface area contributed by atoms with Crippen LogP contribution in [0.2, 0.25) is 0 Å². The Hall–Kier alpha value is -1.54. The summed E-state index contributed by atoms with van der Waals surface area (Å²) in [5.74, 6) is 0.898. The van der Waals surface area contributed by atoms with Gasteiger partial charge in [0.05, 0.1) is 7.11 Å². The normalized spacial score (nSPS) is 10.1. The van der Waals surface area contributed by atoms with Crippen molar-refractivity contribution in [1.82, 2.24) is 4.90 Å². The minimum Gasteiger partial charge on any atom is -0.497 e. The molecule has 16 heavy (non-hydrogen) atoms. The van der Waals surface area contributed by atoms with Gasteiger partial charge in [0.15, 0.2) is 0 Å². The fourth-order valence-corrected chi connectivity index (χ4v) is 1.60. The van der Waals surface area contributed by atoms with Crippen LogP contribution in [0.4, 0.5) is 0 Å². The number of methoxy groups -OCH3 is 1. The van der Waals surface area contributed by atoms with Crippen LogP contribution in [0.5, 0.6) is 5.75 Å². The lowest BCUT2D eigenvalue weighted by atomic mass is 10.2. The highest BCUT2D eigenvalue weighted by molar-refractivity contribution is 5.28. The van der Waals surface area contributed by atoms with Gasteiger partial charge in [0, 0.05) is 19.6 Å². The average molecular weight is 217 g/mol. The van der Waals surface area contributed by atoms with E-state index in [1.54, 1.807) is 7.11 Å². The second-order valence-corrected chi connectivity index (χ2v) is 3.62. The van der Waals surface area contributed by atoms with Crippen LogP contribution in [-0.4, -0.2) is 25.1 Å². The molecule has 1 aromatic rings. The van der Waals surface area contributed by atoms with Crippen molar-refractivity contribution in [3.8, 4) is 5.75 Å². The molecule has 0 spiro atoms. The molecule has 86 valence electrons. The molecule has 1 rings (SSSR count). The molecule has 0 saturated heterocycles. The first-order chi connectivity index (χ1) is 7.80. The van der Waals surface area contributed by atoms with Gasteiger partial charge >= 0.3 is 0 Å². The van der Waals surface area contributed by atoms with E-state index in [2.05, 4.69) is 30.2 Å². The van der Waals surface area contributed by atoms with Crippen LogP contribution in [0.15, 0.2) is 49.6 Å². The Labute approximate surface area is 97.8 Å². The predicted octanol–water partition coefficient (Wildman–Crippen LogP) is 2.87. The molecule has 0 aliphatic carbocycles. The summed E-state index contributed by atoms with van der Waals surface area (Å²) >= 11 is 0. The fraction of sp³-hybridized carbons (Fsp3) is 0.286. The summed E-state index contributed by atoms with van der Waals surface area (Å²) in [6.07, 6.45) is 3.81. The molecule has 0 aliphatic rings. The van der Waals surface area contributed by atoms with Gasteiger partial charge in [-0.05, 0) is 17.7 Å². The third kappa shape index (κ3) is 3.91. The van der Waals surface area contributed by atoms with Gasteiger partial charge < -0.3 is 4.74 Å². The van der Waals surface area contributed by atoms with E-state index in [0.717, 1.165) is 25.4 Å². The van der Waals surface area contributed by atoms with Crippen molar-refractivity contribution < 1.29 is 4.74 Å². The van der Waals surface area contributed by atoms with Gasteiger partial charge in [-0.15, -0.1) is 13.2 Å². The van der Waals surface area contributed by atoms with E-state index in [-0.39, 0.29) is 0 Å². The minimum absolute atomic E-state index is 0.864. The molecule has 1 aromatic carbocycles. The zero-order valence-corrected chi connectivity index (χ0v) is 9.86. The van der Waals surface area contributed by atoms with Crippen LogP contribution in [0.3, 0.4) is 0 Å². The Morgan fingerprint density at radius 3 is 2.50 bits per heavy atom. The maximum atomic E-state index is 5.20. The van der Waals surface area contributed by atoms with E-state index in [1.807, 2.05) is 24.3 Å². The summed E-state index contributed by atoms with van der Waals surface area (Å²) in [6, 6.07) is 8.11. The molecule has 0 aliphatic heterocycles. The average Bonchev–Trinajstić information content (AvgIpc) is 2.30. The Bertz CT molecular complexity index is 336. The lowest BCUT2D eigenvalue weighted by molar-refractivity contribution is 0.326. The number of hydrogen-bond acceptors (Lipinski definition) is 2. The quantitative estimate of drug-likeness (QED) is 0.651. The summed E-state index contributed by atoms with van der Waals surface area (Å²) in [7, 11) is 1.68. The highest BCUT2D eigenvalue weighted by atomic mass is 16.5. The molecule has 0 atom stereocenters. The standard InChI is InChI=1S/C14H19NO/c1-4-9-15(10-5-2)12-13-7-6-8-14(11-13)16-3/h4-8,11H,1-2,9-10,12H2,3H3. The van der Waals surface area contributed by atoms with Gasteiger partial charge in [0.1, 0.15) is 5.75 Å². The second-order valence-electron chi connectivity index (χ2n) is 3.62. The van der Waals surface area contributed by atoms with Crippen LogP contribution in [-0.2, 0) is 6.54 Å². The summed E-state index contributed by atoms with van der Waals surface area (Å²) in [6.45, 7) is 10.1. The third-order valence-corrected chi connectivity index (χ3v) is 2.31. The molecule has 0 heterocycles. The molecular formula is C14H19NO. The van der Waals surface area contributed by atoms with Gasteiger partial charge in [-0.2, -0.15) is 0 Å². The summed E-state index contributed by atoms with van der Waals surface area (Å²) in [4.78, 5) is 2.26. The zero-order chi connectivity index (χ0) is 11.8. The van der Waals surface area contributed by atoms with E-state index in [0.29, 0.717) is 0 Å². The van der Waals surface area contributed by atoms with Gasteiger partial charge in [-0.25, -0.2) is 0 Å². The van der Waals surface area contributed by atoms with Crippen LogP contribution < -0.4 is 4.74 Å². The van der Waals surface area contributed by atoms with Crippen molar-refractivity contribution in [2.24, 2.45) is 0 Å². The van der Waals surface area contributed by atoms with Crippen LogP contribution in [0.25, 0.3) is 0 Å². The maximum Gasteiger partial charge on any atom is 0.119 e. The summed E-state index contributed by atoms with van der Waals surface area (Å²) in [5.41, 5.74) is 1.24. The van der Waals surface area contributed by atoms with E-state index in [1.165, 1.54) is 5.56 Å². The molecule has 0 saturated carbocycles. The van der Waals surface area contributed by atoms with E-state index in [4.69, 9.17) is 4.74 Å². The van der Waals surface area contributed by atoms with Crippen molar-refractivity contribution in [3.63, 3.8) is 0 Å². The molecule has 0 unspecified atom stereocenters. The van der Waals surface area contributed by atoms with Crippen molar-refractivity contribution in [2.45, 2.75) is 6.54 Å². The number of ether oxygens (including phenoxy) is 1. The van der Waals surface area contributed by atoms with Crippen molar-refractivity contribution in [3.05, 3.63) is 55.1 Å². The Kier molecular flexibility index (Phi) is 5.37. The highest BCUT2D eigenvalue weighted by Gasteiger charge is 2.02. The number of benzene rings is 1. The zero-order valence-electron chi connectivity index (χ0n) is 9.86. The Morgan fingerprint density at radius 2 is 1.94 bits per heavy atom. The molecule has 0 radical (unpaired) electrons. The van der Waals surface area contributed by atoms with Crippen LogP contribution in [0.1, 0.15) is 5.56 Å². The van der Waals surface area contributed by atoms with E-state index >= 15 is 0 Å². The van der Waals surface area contributed by atoms with Gasteiger partial charge in [-0.3, -0.25) is 4.90 Å². The molecule has 0 bridgehead atoms. The first kappa shape index (κ1) is 12.5. The summed E-state index contributed by atoms with van der Waals surface area (Å²) in [5, 5.41) is 0. The Morgan fingerprint density at radius 1 is 1.25 bits per heavy atom. The first-order valence-corrected chi connectivity index (χ1v) is 5.37. The first-order valence-electron chi connectivity index (χ1n) is 5.37. The van der Waals surface area contributed by atoms with Crippen molar-refractivity contribution in [1.29, 1.82) is 0 Å². The fourth-order valence-electron chi connectivity index (χ4n) is 1.60. The lowest BCUT2D eigenvalue weighted by Gasteiger charge is -2.18. The van der Waals surface area contributed by atoms with E-state index in [9.17, 15) is 0 Å². The van der Waals surface area contributed by atoms with Crippen LogP contribution in [0, 0.1) is 0 Å². The molecule has 2 heteroatoms.